The van der Waals surface area contributed by atoms with Crippen LogP contribution in [0.15, 0.2) is 24.3 Å². The number of aromatic nitrogens is 1. The third kappa shape index (κ3) is 0.954. The first kappa shape index (κ1) is 7.62. The Balaban J connectivity index is 2.30. The highest BCUT2D eigenvalue weighted by atomic mass is 16.5. The number of H-pyrrole nitrogens is 1. The minimum Gasteiger partial charge on any atom is -0.459 e. The summed E-state index contributed by atoms with van der Waals surface area (Å²) in [5.74, 6) is -0.137. The van der Waals surface area contributed by atoms with E-state index in [0.29, 0.717) is 13.0 Å². The van der Waals surface area contributed by atoms with Crippen molar-refractivity contribution >= 4 is 16.9 Å². The van der Waals surface area contributed by atoms with Gasteiger partial charge < -0.3 is 9.72 Å². The molecule has 70 valence electrons. The standard InChI is InChI=1S/C11H9NO2/c13-11-5-8-7-3-1-2-4-9(7)12-10(8)6-14-11/h1-4,12H,5-6H2. The molecule has 0 amide bonds. The minimum absolute atomic E-state index is 0.137. The van der Waals surface area contributed by atoms with Crippen LogP contribution in [-0.2, 0) is 22.6 Å². The molecule has 3 heteroatoms. The zero-order chi connectivity index (χ0) is 9.54. The second-order valence-corrected chi connectivity index (χ2v) is 3.47. The van der Waals surface area contributed by atoms with Crippen molar-refractivity contribution in [3.63, 3.8) is 0 Å². The van der Waals surface area contributed by atoms with Crippen LogP contribution in [0.2, 0.25) is 0 Å². The predicted molar refractivity (Wildman–Crippen MR) is 51.8 cm³/mol. The maximum absolute atomic E-state index is 11.1. The Bertz CT molecular complexity index is 513. The van der Waals surface area contributed by atoms with Crippen LogP contribution in [0.1, 0.15) is 11.3 Å². The zero-order valence-electron chi connectivity index (χ0n) is 7.54. The molecule has 2 aromatic rings. The molecule has 1 aromatic heterocycles. The molecule has 0 atom stereocenters. The van der Waals surface area contributed by atoms with Crippen LogP contribution in [0.3, 0.4) is 0 Å². The molecule has 0 fully saturated rings. The van der Waals surface area contributed by atoms with Crippen LogP contribution in [0.5, 0.6) is 0 Å². The maximum atomic E-state index is 11.1. The van der Waals surface area contributed by atoms with E-state index in [1.165, 1.54) is 0 Å². The van der Waals surface area contributed by atoms with E-state index in [0.717, 1.165) is 22.2 Å². The molecule has 0 aliphatic carbocycles. The van der Waals surface area contributed by atoms with Gasteiger partial charge in [-0.15, -0.1) is 0 Å². The normalized spacial score (nSPS) is 15.3. The molecule has 1 aliphatic heterocycles. The summed E-state index contributed by atoms with van der Waals surface area (Å²) in [5.41, 5.74) is 3.21. The Morgan fingerprint density at radius 2 is 2.14 bits per heavy atom. The number of fused-ring (bicyclic) bond motifs is 3. The molecule has 0 saturated heterocycles. The van der Waals surface area contributed by atoms with Gasteiger partial charge in [-0.25, -0.2) is 0 Å². The maximum Gasteiger partial charge on any atom is 0.310 e. The number of rotatable bonds is 0. The summed E-state index contributed by atoms with van der Waals surface area (Å²) < 4.78 is 4.96. The minimum atomic E-state index is -0.137. The fourth-order valence-corrected chi connectivity index (χ4v) is 1.93. The molecule has 0 unspecified atom stereocenters. The molecule has 3 nitrogen and oxygen atoms in total. The first-order chi connectivity index (χ1) is 6.84. The summed E-state index contributed by atoms with van der Waals surface area (Å²) >= 11 is 0. The number of hydrogen-bond donors (Lipinski definition) is 1. The number of aromatic amines is 1. The summed E-state index contributed by atoms with van der Waals surface area (Å²) in [6, 6.07) is 8.00. The number of carbonyl (C=O) groups is 1. The van der Waals surface area contributed by atoms with Gasteiger partial charge in [0.05, 0.1) is 12.1 Å². The molecule has 0 spiro atoms. The third-order valence-corrected chi connectivity index (χ3v) is 2.60. The number of esters is 1. The molecule has 1 N–H and O–H groups in total. The van der Waals surface area contributed by atoms with Gasteiger partial charge in [0.25, 0.3) is 0 Å². The Hall–Kier alpha value is -1.77. The number of benzene rings is 1. The summed E-state index contributed by atoms with van der Waals surface area (Å²) in [6.45, 7) is 0.378. The van der Waals surface area contributed by atoms with Gasteiger partial charge in [-0.3, -0.25) is 4.79 Å². The summed E-state index contributed by atoms with van der Waals surface area (Å²) in [7, 11) is 0. The lowest BCUT2D eigenvalue weighted by atomic mass is 10.1. The lowest BCUT2D eigenvalue weighted by molar-refractivity contribution is -0.145. The van der Waals surface area contributed by atoms with E-state index >= 15 is 0 Å². The van der Waals surface area contributed by atoms with Gasteiger partial charge in [0.1, 0.15) is 6.61 Å². The van der Waals surface area contributed by atoms with E-state index in [4.69, 9.17) is 4.74 Å². The summed E-state index contributed by atoms with van der Waals surface area (Å²) in [5, 5.41) is 1.14. The van der Waals surface area contributed by atoms with Crippen LogP contribution in [0, 0.1) is 0 Å². The zero-order valence-corrected chi connectivity index (χ0v) is 7.54. The van der Waals surface area contributed by atoms with E-state index in [9.17, 15) is 4.79 Å². The van der Waals surface area contributed by atoms with Crippen molar-refractivity contribution in [2.45, 2.75) is 13.0 Å². The fourth-order valence-electron chi connectivity index (χ4n) is 1.93. The van der Waals surface area contributed by atoms with Gasteiger partial charge in [0.15, 0.2) is 0 Å². The van der Waals surface area contributed by atoms with Gasteiger partial charge in [-0.1, -0.05) is 18.2 Å². The largest absolute Gasteiger partial charge is 0.459 e. The third-order valence-electron chi connectivity index (χ3n) is 2.60. The number of carbonyl (C=O) groups excluding carboxylic acids is 1. The van der Waals surface area contributed by atoms with Gasteiger partial charge in [0, 0.05) is 10.9 Å². The van der Waals surface area contributed by atoms with Crippen LogP contribution in [-0.4, -0.2) is 11.0 Å². The van der Waals surface area contributed by atoms with E-state index in [1.807, 2.05) is 24.3 Å². The molecular weight excluding hydrogens is 178 g/mol. The van der Waals surface area contributed by atoms with Gasteiger partial charge in [-0.05, 0) is 11.6 Å². The lowest BCUT2D eigenvalue weighted by Crippen LogP contribution is -2.15. The smallest absolute Gasteiger partial charge is 0.310 e. The Labute approximate surface area is 80.7 Å². The number of nitrogens with one attached hydrogen (secondary N) is 1. The van der Waals surface area contributed by atoms with Crippen LogP contribution in [0.25, 0.3) is 10.9 Å². The predicted octanol–water partition coefficient (Wildman–Crippen LogP) is 1.77. The quantitative estimate of drug-likeness (QED) is 0.638. The Morgan fingerprint density at radius 1 is 1.29 bits per heavy atom. The molecule has 3 rings (SSSR count). The number of hydrogen-bond acceptors (Lipinski definition) is 2. The SMILES string of the molecule is O=C1Cc2c([nH]c3ccccc23)CO1. The van der Waals surface area contributed by atoms with Gasteiger partial charge in [-0.2, -0.15) is 0 Å². The van der Waals surface area contributed by atoms with Crippen molar-refractivity contribution in [3.8, 4) is 0 Å². The van der Waals surface area contributed by atoms with Crippen molar-refractivity contribution in [2.75, 3.05) is 0 Å². The van der Waals surface area contributed by atoms with Gasteiger partial charge >= 0.3 is 5.97 Å². The topological polar surface area (TPSA) is 42.1 Å². The number of para-hydroxylation sites is 1. The van der Waals surface area contributed by atoms with Crippen molar-refractivity contribution in [1.29, 1.82) is 0 Å². The first-order valence-corrected chi connectivity index (χ1v) is 4.58. The second kappa shape index (κ2) is 2.61. The van der Waals surface area contributed by atoms with Crippen molar-refractivity contribution in [3.05, 3.63) is 35.5 Å². The average molecular weight is 187 g/mol. The van der Waals surface area contributed by atoms with E-state index in [1.54, 1.807) is 0 Å². The molecule has 1 aliphatic rings. The van der Waals surface area contributed by atoms with Crippen molar-refractivity contribution < 1.29 is 9.53 Å². The molecular formula is C11H9NO2. The summed E-state index contributed by atoms with van der Waals surface area (Å²) in [6.07, 6.45) is 0.388. The number of ether oxygens (including phenoxy) is 1. The van der Waals surface area contributed by atoms with Crippen LogP contribution in [0.4, 0.5) is 0 Å². The highest BCUT2D eigenvalue weighted by Gasteiger charge is 2.20. The molecule has 1 aromatic carbocycles. The molecule has 2 heterocycles. The van der Waals surface area contributed by atoms with E-state index < -0.39 is 0 Å². The molecule has 0 saturated carbocycles. The van der Waals surface area contributed by atoms with Crippen LogP contribution >= 0.6 is 0 Å². The van der Waals surface area contributed by atoms with Crippen molar-refractivity contribution in [1.82, 2.24) is 4.98 Å². The van der Waals surface area contributed by atoms with E-state index in [2.05, 4.69) is 4.98 Å². The Morgan fingerprint density at radius 3 is 3.07 bits per heavy atom. The average Bonchev–Trinajstić information content (AvgIpc) is 2.56. The lowest BCUT2D eigenvalue weighted by Gasteiger charge is -2.11. The Kier molecular flexibility index (Phi) is 1.42. The fraction of sp³-hybridized carbons (Fsp3) is 0.182. The second-order valence-electron chi connectivity index (χ2n) is 3.47. The van der Waals surface area contributed by atoms with Crippen molar-refractivity contribution in [2.24, 2.45) is 0 Å². The molecule has 0 radical (unpaired) electrons. The highest BCUT2D eigenvalue weighted by Crippen LogP contribution is 2.26. The van der Waals surface area contributed by atoms with Gasteiger partial charge in [0.2, 0.25) is 0 Å². The van der Waals surface area contributed by atoms with Crippen LogP contribution < -0.4 is 0 Å². The highest BCUT2D eigenvalue weighted by molar-refractivity contribution is 5.89. The van der Waals surface area contributed by atoms with E-state index in [-0.39, 0.29) is 5.97 Å². The summed E-state index contributed by atoms with van der Waals surface area (Å²) in [4.78, 5) is 14.4. The molecule has 14 heavy (non-hydrogen) atoms. The first-order valence-electron chi connectivity index (χ1n) is 4.58. The monoisotopic (exact) mass is 187 g/mol. The number of cyclic esters (lactones) is 1. The molecule has 0 bridgehead atoms.